The van der Waals surface area contributed by atoms with Crippen molar-refractivity contribution < 1.29 is 4.74 Å². The lowest BCUT2D eigenvalue weighted by Gasteiger charge is -2.23. The first-order valence-corrected chi connectivity index (χ1v) is 6.70. The fraction of sp³-hybridized carbons (Fsp3) is 0.714. The molecule has 1 aromatic rings. The molecule has 4 nitrogen and oxygen atoms in total. The Morgan fingerprint density at radius 2 is 2.11 bits per heavy atom. The average molecular weight is 249 g/mol. The van der Waals surface area contributed by atoms with E-state index in [1.807, 2.05) is 12.3 Å². The number of rotatable bonds is 4. The summed E-state index contributed by atoms with van der Waals surface area (Å²) in [6.45, 7) is 6.64. The summed E-state index contributed by atoms with van der Waals surface area (Å²) in [4.78, 5) is 9.08. The molecule has 0 radical (unpaired) electrons. The van der Waals surface area contributed by atoms with E-state index in [9.17, 15) is 0 Å². The molecule has 2 rings (SSSR count). The van der Waals surface area contributed by atoms with Gasteiger partial charge >= 0.3 is 0 Å². The van der Waals surface area contributed by atoms with Gasteiger partial charge in [-0.15, -0.1) is 0 Å². The molecule has 4 heteroatoms. The maximum Gasteiger partial charge on any atom is 0.129 e. The summed E-state index contributed by atoms with van der Waals surface area (Å²) in [5.41, 5.74) is 6.99. The first kappa shape index (κ1) is 13.4. The standard InChI is InChI=1S/C14H23N3O/c1-14(2,10-15)9-13-16-6-3-12(17-13)11-4-7-18-8-5-11/h3,6,11H,4-5,7-10,15H2,1-2H3. The van der Waals surface area contributed by atoms with Gasteiger partial charge in [-0.3, -0.25) is 0 Å². The third-order valence-corrected chi connectivity index (χ3v) is 3.56. The number of nitrogens with two attached hydrogens (primary N) is 1. The van der Waals surface area contributed by atoms with Crippen molar-refractivity contribution in [3.8, 4) is 0 Å². The van der Waals surface area contributed by atoms with E-state index in [1.54, 1.807) is 0 Å². The third kappa shape index (κ3) is 3.50. The van der Waals surface area contributed by atoms with Crippen LogP contribution in [0.15, 0.2) is 12.3 Å². The van der Waals surface area contributed by atoms with Crippen molar-refractivity contribution in [1.29, 1.82) is 0 Å². The first-order chi connectivity index (χ1) is 8.61. The highest BCUT2D eigenvalue weighted by Gasteiger charge is 2.21. The highest BCUT2D eigenvalue weighted by atomic mass is 16.5. The van der Waals surface area contributed by atoms with Crippen LogP contribution in [0.25, 0.3) is 0 Å². The summed E-state index contributed by atoms with van der Waals surface area (Å²) in [7, 11) is 0. The Morgan fingerprint density at radius 1 is 1.39 bits per heavy atom. The predicted molar refractivity (Wildman–Crippen MR) is 71.4 cm³/mol. The van der Waals surface area contributed by atoms with Crippen LogP contribution >= 0.6 is 0 Å². The zero-order valence-corrected chi connectivity index (χ0v) is 11.4. The van der Waals surface area contributed by atoms with Crippen LogP contribution < -0.4 is 5.73 Å². The Hall–Kier alpha value is -1.00. The molecule has 0 unspecified atom stereocenters. The van der Waals surface area contributed by atoms with Crippen molar-refractivity contribution in [1.82, 2.24) is 9.97 Å². The fourth-order valence-electron chi connectivity index (χ4n) is 2.22. The molecule has 1 aliphatic rings. The van der Waals surface area contributed by atoms with Gasteiger partial charge in [0.05, 0.1) is 0 Å². The van der Waals surface area contributed by atoms with Crippen molar-refractivity contribution in [3.63, 3.8) is 0 Å². The zero-order chi connectivity index (χ0) is 13.0. The molecule has 0 spiro atoms. The van der Waals surface area contributed by atoms with E-state index < -0.39 is 0 Å². The quantitative estimate of drug-likeness (QED) is 0.885. The monoisotopic (exact) mass is 249 g/mol. The molecule has 1 aromatic heterocycles. The summed E-state index contributed by atoms with van der Waals surface area (Å²) in [5.74, 6) is 1.44. The van der Waals surface area contributed by atoms with Crippen LogP contribution in [0.2, 0.25) is 0 Å². The number of ether oxygens (including phenoxy) is 1. The molecule has 0 bridgehead atoms. The molecule has 2 N–H and O–H groups in total. The number of hydrogen-bond acceptors (Lipinski definition) is 4. The van der Waals surface area contributed by atoms with E-state index in [1.165, 1.54) is 0 Å². The van der Waals surface area contributed by atoms with Gasteiger partial charge in [0.2, 0.25) is 0 Å². The van der Waals surface area contributed by atoms with Gasteiger partial charge < -0.3 is 10.5 Å². The smallest absolute Gasteiger partial charge is 0.129 e. The largest absolute Gasteiger partial charge is 0.381 e. The summed E-state index contributed by atoms with van der Waals surface area (Å²) >= 11 is 0. The second-order valence-electron chi connectivity index (χ2n) is 5.83. The summed E-state index contributed by atoms with van der Waals surface area (Å²) in [6.07, 6.45) is 4.84. The van der Waals surface area contributed by atoms with E-state index in [0.29, 0.717) is 12.5 Å². The molecule has 1 aliphatic heterocycles. The Labute approximate surface area is 109 Å². The van der Waals surface area contributed by atoms with Crippen molar-refractivity contribution >= 4 is 0 Å². The Morgan fingerprint density at radius 3 is 2.78 bits per heavy atom. The van der Waals surface area contributed by atoms with Gasteiger partial charge in [-0.2, -0.15) is 0 Å². The summed E-state index contributed by atoms with van der Waals surface area (Å²) in [5, 5.41) is 0. The van der Waals surface area contributed by atoms with Crippen LogP contribution in [0.5, 0.6) is 0 Å². The van der Waals surface area contributed by atoms with E-state index in [4.69, 9.17) is 15.5 Å². The number of hydrogen-bond donors (Lipinski definition) is 1. The average Bonchev–Trinajstić information content (AvgIpc) is 2.40. The van der Waals surface area contributed by atoms with E-state index in [-0.39, 0.29) is 5.41 Å². The van der Waals surface area contributed by atoms with Gasteiger partial charge in [0, 0.05) is 37.4 Å². The van der Waals surface area contributed by atoms with Crippen LogP contribution in [0, 0.1) is 5.41 Å². The van der Waals surface area contributed by atoms with Crippen molar-refractivity contribution in [2.45, 2.75) is 39.0 Å². The third-order valence-electron chi connectivity index (χ3n) is 3.56. The van der Waals surface area contributed by atoms with Crippen LogP contribution in [0.3, 0.4) is 0 Å². The number of nitrogens with zero attached hydrogens (tertiary/aromatic N) is 2. The molecule has 1 saturated heterocycles. The van der Waals surface area contributed by atoms with E-state index >= 15 is 0 Å². The number of aromatic nitrogens is 2. The minimum atomic E-state index is 0.0638. The summed E-state index contributed by atoms with van der Waals surface area (Å²) < 4.78 is 5.39. The zero-order valence-electron chi connectivity index (χ0n) is 11.4. The van der Waals surface area contributed by atoms with Crippen LogP contribution in [0.1, 0.15) is 44.1 Å². The minimum Gasteiger partial charge on any atom is -0.381 e. The van der Waals surface area contributed by atoms with Crippen LogP contribution in [-0.2, 0) is 11.2 Å². The van der Waals surface area contributed by atoms with Gasteiger partial charge in [-0.05, 0) is 30.9 Å². The normalized spacial score (nSPS) is 17.9. The van der Waals surface area contributed by atoms with Gasteiger partial charge in [0.25, 0.3) is 0 Å². The maximum absolute atomic E-state index is 5.76. The Balaban J connectivity index is 2.09. The molecule has 1 fully saturated rings. The minimum absolute atomic E-state index is 0.0638. The molecule has 0 amide bonds. The van der Waals surface area contributed by atoms with Gasteiger partial charge in [0.15, 0.2) is 0 Å². The molecule has 100 valence electrons. The SMILES string of the molecule is CC(C)(CN)Cc1nccc(C2CCOCC2)n1. The van der Waals surface area contributed by atoms with Crippen molar-refractivity contribution in [2.24, 2.45) is 11.1 Å². The Bertz CT molecular complexity index is 386. The molecule has 0 aromatic carbocycles. The van der Waals surface area contributed by atoms with Crippen LogP contribution in [0.4, 0.5) is 0 Å². The lowest BCUT2D eigenvalue weighted by Crippen LogP contribution is -2.27. The van der Waals surface area contributed by atoms with Gasteiger partial charge in [-0.1, -0.05) is 13.8 Å². The van der Waals surface area contributed by atoms with Crippen molar-refractivity contribution in [3.05, 3.63) is 23.8 Å². The second kappa shape index (κ2) is 5.76. The lowest BCUT2D eigenvalue weighted by atomic mass is 9.89. The highest BCUT2D eigenvalue weighted by Crippen LogP contribution is 2.26. The lowest BCUT2D eigenvalue weighted by molar-refractivity contribution is 0.0844. The highest BCUT2D eigenvalue weighted by molar-refractivity contribution is 5.10. The second-order valence-corrected chi connectivity index (χ2v) is 5.83. The van der Waals surface area contributed by atoms with Crippen molar-refractivity contribution in [2.75, 3.05) is 19.8 Å². The Kier molecular flexibility index (Phi) is 4.30. The van der Waals surface area contributed by atoms with Crippen LogP contribution in [-0.4, -0.2) is 29.7 Å². The first-order valence-electron chi connectivity index (χ1n) is 6.70. The molecular formula is C14H23N3O. The van der Waals surface area contributed by atoms with E-state index in [2.05, 4.69) is 18.8 Å². The molecule has 18 heavy (non-hydrogen) atoms. The molecule has 0 aliphatic carbocycles. The molecule has 0 saturated carbocycles. The molecule has 2 heterocycles. The van der Waals surface area contributed by atoms with Gasteiger partial charge in [0.1, 0.15) is 5.82 Å². The molecule has 0 atom stereocenters. The maximum atomic E-state index is 5.76. The predicted octanol–water partition coefficient (Wildman–Crippen LogP) is 1.90. The topological polar surface area (TPSA) is 61.0 Å². The van der Waals surface area contributed by atoms with E-state index in [0.717, 1.165) is 44.0 Å². The summed E-state index contributed by atoms with van der Waals surface area (Å²) in [6, 6.07) is 2.04. The van der Waals surface area contributed by atoms with Gasteiger partial charge in [-0.25, -0.2) is 9.97 Å². The molecular weight excluding hydrogens is 226 g/mol. The fourth-order valence-corrected chi connectivity index (χ4v) is 2.22.